The Bertz CT molecular complexity index is 412. The van der Waals surface area contributed by atoms with Crippen LogP contribution in [0.5, 0.6) is 0 Å². The molecular formula is C12H14N2. The smallest absolute Gasteiger partial charge is 0.0925 e. The predicted molar refractivity (Wildman–Crippen MR) is 57.3 cm³/mol. The summed E-state index contributed by atoms with van der Waals surface area (Å²) in [5.41, 5.74) is 4.90. The molecule has 14 heavy (non-hydrogen) atoms. The van der Waals surface area contributed by atoms with Crippen LogP contribution in [0.4, 0.5) is 0 Å². The number of hydrogen-bond acceptors (Lipinski definition) is 1. The molecule has 1 aromatic heterocycles. The highest BCUT2D eigenvalue weighted by Gasteiger charge is 2.01. The number of rotatable bonds is 2. The maximum absolute atomic E-state index is 4.28. The molecule has 0 unspecified atom stereocenters. The number of H-pyrrole nitrogens is 1. The Morgan fingerprint density at radius 2 is 1.86 bits per heavy atom. The van der Waals surface area contributed by atoms with Crippen LogP contribution in [0, 0.1) is 13.8 Å². The lowest BCUT2D eigenvalue weighted by molar-refractivity contribution is 1.08. The second-order valence-corrected chi connectivity index (χ2v) is 3.64. The summed E-state index contributed by atoms with van der Waals surface area (Å²) in [5, 5.41) is 0. The van der Waals surface area contributed by atoms with E-state index in [-0.39, 0.29) is 0 Å². The van der Waals surface area contributed by atoms with E-state index in [2.05, 4.69) is 48.1 Å². The van der Waals surface area contributed by atoms with Crippen LogP contribution in [-0.2, 0) is 6.42 Å². The molecule has 0 saturated heterocycles. The van der Waals surface area contributed by atoms with Crippen molar-refractivity contribution in [1.82, 2.24) is 9.97 Å². The zero-order valence-corrected chi connectivity index (χ0v) is 8.54. The maximum atomic E-state index is 4.28. The van der Waals surface area contributed by atoms with Crippen molar-refractivity contribution in [2.45, 2.75) is 20.3 Å². The summed E-state index contributed by atoms with van der Waals surface area (Å²) in [7, 11) is 0. The number of benzene rings is 1. The van der Waals surface area contributed by atoms with Crippen molar-refractivity contribution in [3.8, 4) is 0 Å². The van der Waals surface area contributed by atoms with E-state index in [4.69, 9.17) is 0 Å². The van der Waals surface area contributed by atoms with Crippen LogP contribution in [0.2, 0.25) is 0 Å². The van der Waals surface area contributed by atoms with Gasteiger partial charge in [0.2, 0.25) is 0 Å². The fourth-order valence-corrected chi connectivity index (χ4v) is 1.46. The molecule has 0 radical (unpaired) electrons. The first-order valence-corrected chi connectivity index (χ1v) is 4.80. The second-order valence-electron chi connectivity index (χ2n) is 3.64. The van der Waals surface area contributed by atoms with Crippen molar-refractivity contribution in [1.29, 1.82) is 0 Å². The Morgan fingerprint density at radius 1 is 1.14 bits per heavy atom. The van der Waals surface area contributed by atoms with Gasteiger partial charge in [0.05, 0.1) is 12.0 Å². The third-order valence-corrected chi connectivity index (χ3v) is 2.43. The monoisotopic (exact) mass is 186 g/mol. The Hall–Kier alpha value is -1.57. The van der Waals surface area contributed by atoms with Crippen molar-refractivity contribution in [2.75, 3.05) is 0 Å². The van der Waals surface area contributed by atoms with Gasteiger partial charge in [-0.3, -0.25) is 0 Å². The van der Waals surface area contributed by atoms with E-state index in [1.807, 2.05) is 0 Å². The summed E-state index contributed by atoms with van der Waals surface area (Å²) >= 11 is 0. The highest BCUT2D eigenvalue weighted by atomic mass is 14.9. The van der Waals surface area contributed by atoms with Crippen molar-refractivity contribution in [2.24, 2.45) is 0 Å². The van der Waals surface area contributed by atoms with Crippen LogP contribution < -0.4 is 0 Å². The lowest BCUT2D eigenvalue weighted by Crippen LogP contribution is -1.90. The average Bonchev–Trinajstić information content (AvgIpc) is 2.56. The minimum atomic E-state index is 0.912. The molecule has 2 nitrogen and oxygen atoms in total. The number of nitrogens with zero attached hydrogens (tertiary/aromatic N) is 1. The van der Waals surface area contributed by atoms with E-state index >= 15 is 0 Å². The molecule has 0 fully saturated rings. The summed E-state index contributed by atoms with van der Waals surface area (Å²) in [6.45, 7) is 4.15. The molecule has 1 N–H and O–H groups in total. The third kappa shape index (κ3) is 1.84. The molecule has 0 aliphatic rings. The van der Waals surface area contributed by atoms with Gasteiger partial charge in [-0.05, 0) is 19.4 Å². The standard InChI is InChI=1S/C12H14N2/c1-9-3-5-11(6-4-9)7-12-10(2)13-8-14-12/h3-6,8H,7H2,1-2H3,(H,13,14). The topological polar surface area (TPSA) is 28.7 Å². The van der Waals surface area contributed by atoms with Crippen molar-refractivity contribution < 1.29 is 0 Å². The molecule has 2 aromatic rings. The van der Waals surface area contributed by atoms with Crippen LogP contribution >= 0.6 is 0 Å². The number of aryl methyl sites for hydroxylation is 2. The van der Waals surface area contributed by atoms with Crippen molar-refractivity contribution >= 4 is 0 Å². The fourth-order valence-electron chi connectivity index (χ4n) is 1.46. The highest BCUT2D eigenvalue weighted by Crippen LogP contribution is 2.10. The highest BCUT2D eigenvalue weighted by molar-refractivity contribution is 5.26. The first-order valence-electron chi connectivity index (χ1n) is 4.80. The Balaban J connectivity index is 2.19. The number of aromatic nitrogens is 2. The lowest BCUT2D eigenvalue weighted by Gasteiger charge is -2.00. The Labute approximate surface area is 84.0 Å². The van der Waals surface area contributed by atoms with Gasteiger partial charge in [-0.15, -0.1) is 0 Å². The molecule has 0 atom stereocenters. The third-order valence-electron chi connectivity index (χ3n) is 2.43. The molecule has 72 valence electrons. The van der Waals surface area contributed by atoms with Gasteiger partial charge in [-0.2, -0.15) is 0 Å². The van der Waals surface area contributed by atoms with E-state index in [0.717, 1.165) is 17.8 Å². The largest absolute Gasteiger partial charge is 0.348 e. The first kappa shape index (κ1) is 9.00. The van der Waals surface area contributed by atoms with E-state index in [0.29, 0.717) is 0 Å². The van der Waals surface area contributed by atoms with E-state index in [9.17, 15) is 0 Å². The molecular weight excluding hydrogens is 172 g/mol. The number of imidazole rings is 1. The summed E-state index contributed by atoms with van der Waals surface area (Å²) in [6, 6.07) is 8.58. The van der Waals surface area contributed by atoms with Gasteiger partial charge in [0, 0.05) is 12.1 Å². The molecule has 0 bridgehead atoms. The minimum absolute atomic E-state index is 0.912. The summed E-state index contributed by atoms with van der Waals surface area (Å²) in [6.07, 6.45) is 2.66. The molecule has 2 rings (SSSR count). The van der Waals surface area contributed by atoms with Crippen molar-refractivity contribution in [3.05, 3.63) is 53.1 Å². The lowest BCUT2D eigenvalue weighted by atomic mass is 10.1. The van der Waals surface area contributed by atoms with Gasteiger partial charge < -0.3 is 4.98 Å². The first-order chi connectivity index (χ1) is 6.75. The van der Waals surface area contributed by atoms with E-state index in [1.54, 1.807) is 6.33 Å². The van der Waals surface area contributed by atoms with E-state index in [1.165, 1.54) is 11.1 Å². The molecule has 1 heterocycles. The second kappa shape index (κ2) is 3.66. The van der Waals surface area contributed by atoms with Crippen LogP contribution in [-0.4, -0.2) is 9.97 Å². The normalized spacial score (nSPS) is 10.4. The maximum Gasteiger partial charge on any atom is 0.0925 e. The average molecular weight is 186 g/mol. The zero-order valence-electron chi connectivity index (χ0n) is 8.54. The van der Waals surface area contributed by atoms with Crippen LogP contribution in [0.15, 0.2) is 30.6 Å². The van der Waals surface area contributed by atoms with Crippen LogP contribution in [0.1, 0.15) is 22.5 Å². The zero-order chi connectivity index (χ0) is 9.97. The quantitative estimate of drug-likeness (QED) is 0.767. The Morgan fingerprint density at radius 3 is 2.43 bits per heavy atom. The van der Waals surface area contributed by atoms with Crippen LogP contribution in [0.3, 0.4) is 0 Å². The van der Waals surface area contributed by atoms with Gasteiger partial charge >= 0.3 is 0 Å². The molecule has 0 saturated carbocycles. The van der Waals surface area contributed by atoms with Gasteiger partial charge in [0.1, 0.15) is 0 Å². The minimum Gasteiger partial charge on any atom is -0.348 e. The van der Waals surface area contributed by atoms with Gasteiger partial charge in [-0.1, -0.05) is 29.8 Å². The van der Waals surface area contributed by atoms with E-state index < -0.39 is 0 Å². The number of aromatic amines is 1. The Kier molecular flexibility index (Phi) is 2.35. The fraction of sp³-hybridized carbons (Fsp3) is 0.250. The summed E-state index contributed by atoms with van der Waals surface area (Å²) in [4.78, 5) is 7.37. The summed E-state index contributed by atoms with van der Waals surface area (Å²) < 4.78 is 0. The molecule has 0 amide bonds. The molecule has 0 aliphatic heterocycles. The molecule has 0 aliphatic carbocycles. The molecule has 2 heteroatoms. The van der Waals surface area contributed by atoms with Gasteiger partial charge in [0.15, 0.2) is 0 Å². The summed E-state index contributed by atoms with van der Waals surface area (Å²) in [5.74, 6) is 0. The van der Waals surface area contributed by atoms with Crippen LogP contribution in [0.25, 0.3) is 0 Å². The van der Waals surface area contributed by atoms with Crippen molar-refractivity contribution in [3.63, 3.8) is 0 Å². The number of nitrogens with one attached hydrogen (secondary N) is 1. The SMILES string of the molecule is Cc1ccc(Cc2nc[nH]c2C)cc1. The molecule has 1 aromatic carbocycles. The van der Waals surface area contributed by atoms with Gasteiger partial charge in [0.25, 0.3) is 0 Å². The number of hydrogen-bond donors (Lipinski definition) is 1. The van der Waals surface area contributed by atoms with Gasteiger partial charge in [-0.25, -0.2) is 4.98 Å². The predicted octanol–water partition coefficient (Wildman–Crippen LogP) is 2.62. The molecule has 0 spiro atoms.